The van der Waals surface area contributed by atoms with E-state index in [1.807, 2.05) is 36.4 Å². The lowest BCUT2D eigenvalue weighted by Crippen LogP contribution is -1.96. The van der Waals surface area contributed by atoms with Crippen molar-refractivity contribution in [2.24, 2.45) is 0 Å². The molecule has 3 heteroatoms. The van der Waals surface area contributed by atoms with Crippen LogP contribution in [0.25, 0.3) is 10.8 Å². The molecule has 0 radical (unpaired) electrons. The molecular weight excluding hydrogens is 303 g/mol. The second-order valence-corrected chi connectivity index (χ2v) is 5.66. The SMILES string of the molecule is COc1ccc(C(Cl)c2cccc3ccccc23)c(Cl)c1. The van der Waals surface area contributed by atoms with Crippen molar-refractivity contribution in [1.82, 2.24) is 0 Å². The third-order valence-corrected chi connectivity index (χ3v) is 4.37. The van der Waals surface area contributed by atoms with Crippen molar-refractivity contribution in [2.45, 2.75) is 5.38 Å². The van der Waals surface area contributed by atoms with E-state index in [2.05, 4.69) is 18.2 Å². The molecule has 0 aromatic heterocycles. The molecule has 0 aliphatic heterocycles. The van der Waals surface area contributed by atoms with Gasteiger partial charge in [0.15, 0.2) is 0 Å². The molecule has 0 saturated heterocycles. The fourth-order valence-corrected chi connectivity index (χ4v) is 3.20. The van der Waals surface area contributed by atoms with Gasteiger partial charge in [-0.15, -0.1) is 11.6 Å². The number of halogens is 2. The molecule has 3 aromatic carbocycles. The molecule has 0 spiro atoms. The minimum atomic E-state index is -0.297. The van der Waals surface area contributed by atoms with E-state index in [0.717, 1.165) is 22.3 Å². The Morgan fingerprint density at radius 1 is 0.905 bits per heavy atom. The largest absolute Gasteiger partial charge is 0.497 e. The molecule has 0 aliphatic carbocycles. The smallest absolute Gasteiger partial charge is 0.120 e. The normalized spacial score (nSPS) is 12.3. The predicted molar refractivity (Wildman–Crippen MR) is 89.6 cm³/mol. The molecule has 3 aromatic rings. The van der Waals surface area contributed by atoms with Crippen molar-refractivity contribution in [3.8, 4) is 5.75 Å². The average molecular weight is 317 g/mol. The summed E-state index contributed by atoms with van der Waals surface area (Å²) in [5.74, 6) is 0.727. The van der Waals surface area contributed by atoms with Crippen molar-refractivity contribution in [3.05, 3.63) is 76.8 Å². The Labute approximate surface area is 134 Å². The van der Waals surface area contributed by atoms with Crippen molar-refractivity contribution in [1.29, 1.82) is 0 Å². The molecule has 0 N–H and O–H groups in total. The summed E-state index contributed by atoms with van der Waals surface area (Å²) in [6, 6.07) is 19.9. The summed E-state index contributed by atoms with van der Waals surface area (Å²) in [4.78, 5) is 0. The summed E-state index contributed by atoms with van der Waals surface area (Å²) in [6.07, 6.45) is 0. The van der Waals surface area contributed by atoms with E-state index in [4.69, 9.17) is 27.9 Å². The van der Waals surface area contributed by atoms with Crippen LogP contribution in [0.2, 0.25) is 5.02 Å². The van der Waals surface area contributed by atoms with Gasteiger partial charge >= 0.3 is 0 Å². The number of fused-ring (bicyclic) bond motifs is 1. The van der Waals surface area contributed by atoms with Crippen LogP contribution in [0.5, 0.6) is 5.75 Å². The fraction of sp³-hybridized carbons (Fsp3) is 0.111. The van der Waals surface area contributed by atoms with Crippen LogP contribution < -0.4 is 4.74 Å². The van der Waals surface area contributed by atoms with Gasteiger partial charge in [-0.2, -0.15) is 0 Å². The fourth-order valence-electron chi connectivity index (χ4n) is 2.48. The number of benzene rings is 3. The molecule has 0 fully saturated rings. The first-order valence-electron chi connectivity index (χ1n) is 6.66. The standard InChI is InChI=1S/C18H14Cl2O/c1-21-13-9-10-16(17(19)11-13)18(20)15-8-4-6-12-5-2-3-7-14(12)15/h2-11,18H,1H3. The molecule has 1 atom stereocenters. The van der Waals surface area contributed by atoms with E-state index in [9.17, 15) is 0 Å². The highest BCUT2D eigenvalue weighted by atomic mass is 35.5. The van der Waals surface area contributed by atoms with Gasteiger partial charge in [0.1, 0.15) is 5.75 Å². The maximum Gasteiger partial charge on any atom is 0.120 e. The van der Waals surface area contributed by atoms with Crippen molar-refractivity contribution in [2.75, 3.05) is 7.11 Å². The zero-order valence-corrected chi connectivity index (χ0v) is 13.0. The van der Waals surface area contributed by atoms with Crippen LogP contribution in [0, 0.1) is 0 Å². The molecular formula is C18H14Cl2O. The van der Waals surface area contributed by atoms with Gasteiger partial charge in [0.25, 0.3) is 0 Å². The number of hydrogen-bond donors (Lipinski definition) is 0. The third kappa shape index (κ3) is 2.72. The monoisotopic (exact) mass is 316 g/mol. The Morgan fingerprint density at radius 2 is 1.67 bits per heavy atom. The lowest BCUT2D eigenvalue weighted by Gasteiger charge is -2.15. The lowest BCUT2D eigenvalue weighted by molar-refractivity contribution is 0.414. The van der Waals surface area contributed by atoms with Crippen molar-refractivity contribution < 1.29 is 4.74 Å². The van der Waals surface area contributed by atoms with Crippen LogP contribution in [-0.2, 0) is 0 Å². The first-order valence-corrected chi connectivity index (χ1v) is 7.47. The summed E-state index contributed by atoms with van der Waals surface area (Å²) < 4.78 is 5.18. The van der Waals surface area contributed by atoms with Gasteiger partial charge in [0.2, 0.25) is 0 Å². The van der Waals surface area contributed by atoms with Crippen LogP contribution in [-0.4, -0.2) is 7.11 Å². The first kappa shape index (κ1) is 14.2. The Kier molecular flexibility index (Phi) is 4.05. The van der Waals surface area contributed by atoms with E-state index in [1.165, 1.54) is 5.39 Å². The van der Waals surface area contributed by atoms with Crippen LogP contribution in [0.4, 0.5) is 0 Å². The molecule has 1 unspecified atom stereocenters. The van der Waals surface area contributed by atoms with Crippen molar-refractivity contribution >= 4 is 34.0 Å². The maximum absolute atomic E-state index is 6.69. The Morgan fingerprint density at radius 3 is 2.43 bits per heavy atom. The van der Waals surface area contributed by atoms with Crippen molar-refractivity contribution in [3.63, 3.8) is 0 Å². The van der Waals surface area contributed by atoms with E-state index in [1.54, 1.807) is 13.2 Å². The Hall–Kier alpha value is -1.70. The Balaban J connectivity index is 2.10. The molecule has 0 amide bonds. The summed E-state index contributed by atoms with van der Waals surface area (Å²) in [5, 5.41) is 2.63. The van der Waals surface area contributed by atoms with E-state index < -0.39 is 0 Å². The van der Waals surface area contributed by atoms with Crippen LogP contribution in [0.1, 0.15) is 16.5 Å². The topological polar surface area (TPSA) is 9.23 Å². The Bertz CT molecular complexity index is 778. The number of alkyl halides is 1. The molecule has 1 nitrogen and oxygen atoms in total. The minimum absolute atomic E-state index is 0.297. The van der Waals surface area contributed by atoms with Gasteiger partial charge < -0.3 is 4.74 Å². The van der Waals surface area contributed by atoms with Gasteiger partial charge in [-0.05, 0) is 34.0 Å². The summed E-state index contributed by atoms with van der Waals surface area (Å²) in [6.45, 7) is 0. The highest BCUT2D eigenvalue weighted by Crippen LogP contribution is 2.38. The quantitative estimate of drug-likeness (QED) is 0.552. The average Bonchev–Trinajstić information content (AvgIpc) is 2.53. The van der Waals surface area contributed by atoms with E-state index in [-0.39, 0.29) is 5.38 Å². The zero-order chi connectivity index (χ0) is 14.8. The van der Waals surface area contributed by atoms with Gasteiger partial charge in [-0.1, -0.05) is 60.1 Å². The number of methoxy groups -OCH3 is 1. The van der Waals surface area contributed by atoms with Crippen LogP contribution >= 0.6 is 23.2 Å². The van der Waals surface area contributed by atoms with Crippen LogP contribution in [0.15, 0.2) is 60.7 Å². The number of hydrogen-bond acceptors (Lipinski definition) is 1. The summed E-state index contributed by atoms with van der Waals surface area (Å²) in [7, 11) is 1.62. The lowest BCUT2D eigenvalue weighted by atomic mass is 9.98. The maximum atomic E-state index is 6.69. The molecule has 0 saturated carbocycles. The predicted octanol–water partition coefficient (Wildman–Crippen LogP) is 5.83. The van der Waals surface area contributed by atoms with E-state index in [0.29, 0.717) is 5.02 Å². The first-order chi connectivity index (χ1) is 10.2. The summed E-state index contributed by atoms with van der Waals surface area (Å²) >= 11 is 13.0. The summed E-state index contributed by atoms with van der Waals surface area (Å²) in [5.41, 5.74) is 1.94. The number of rotatable bonds is 3. The molecule has 21 heavy (non-hydrogen) atoms. The molecule has 0 aliphatic rings. The highest BCUT2D eigenvalue weighted by Gasteiger charge is 2.17. The van der Waals surface area contributed by atoms with Gasteiger partial charge in [-0.25, -0.2) is 0 Å². The zero-order valence-electron chi connectivity index (χ0n) is 11.5. The molecule has 3 rings (SSSR count). The van der Waals surface area contributed by atoms with E-state index >= 15 is 0 Å². The number of ether oxygens (including phenoxy) is 1. The molecule has 106 valence electrons. The van der Waals surface area contributed by atoms with Gasteiger partial charge in [0.05, 0.1) is 12.5 Å². The second-order valence-electron chi connectivity index (χ2n) is 4.82. The second kappa shape index (κ2) is 5.97. The molecule has 0 heterocycles. The van der Waals surface area contributed by atoms with Gasteiger partial charge in [-0.3, -0.25) is 0 Å². The molecule has 0 bridgehead atoms. The van der Waals surface area contributed by atoms with Gasteiger partial charge in [0, 0.05) is 5.02 Å². The highest BCUT2D eigenvalue weighted by molar-refractivity contribution is 6.33. The minimum Gasteiger partial charge on any atom is -0.497 e. The van der Waals surface area contributed by atoms with Crippen LogP contribution in [0.3, 0.4) is 0 Å². The third-order valence-electron chi connectivity index (χ3n) is 3.58.